The number of esters is 1. The van der Waals surface area contributed by atoms with Crippen molar-refractivity contribution in [2.24, 2.45) is 11.8 Å². The van der Waals surface area contributed by atoms with Crippen LogP contribution in [0.25, 0.3) is 11.8 Å². The smallest absolute Gasteiger partial charge is 0.333 e. The topological polar surface area (TPSA) is 186 Å². The molecule has 5 N–H and O–H groups in total. The molecule has 3 heterocycles. The fraction of sp³-hybridized carbons (Fsp3) is 0.600. The Morgan fingerprint density at radius 3 is 2.62 bits per heavy atom. The van der Waals surface area contributed by atoms with Gasteiger partial charge in [0.05, 0.1) is 32.0 Å². The van der Waals surface area contributed by atoms with Gasteiger partial charge in [0, 0.05) is 30.4 Å². The number of ether oxygens (including phenoxy) is 4. The van der Waals surface area contributed by atoms with Gasteiger partial charge in [-0.1, -0.05) is 37.4 Å². The zero-order valence-electron chi connectivity index (χ0n) is 24.0. The van der Waals surface area contributed by atoms with Crippen LogP contribution < -0.4 is 15.6 Å². The van der Waals surface area contributed by atoms with Crippen LogP contribution in [-0.4, -0.2) is 94.1 Å². The van der Waals surface area contributed by atoms with Crippen molar-refractivity contribution in [2.75, 3.05) is 20.3 Å². The molecular weight excluding hydrogens is 550 g/mol. The Labute approximate surface area is 243 Å². The lowest BCUT2D eigenvalue weighted by atomic mass is 9.74. The van der Waals surface area contributed by atoms with E-state index in [-0.39, 0.29) is 30.9 Å². The number of carboxylic acids is 1. The van der Waals surface area contributed by atoms with Crippen molar-refractivity contribution in [1.29, 1.82) is 0 Å². The number of carbonyl (C=O) groups excluding carboxylic acids is 1. The number of aliphatic hydroxyl groups is 4. The maximum atomic E-state index is 12.4. The maximum Gasteiger partial charge on any atom is 0.333 e. The highest BCUT2D eigenvalue weighted by Gasteiger charge is 2.58. The van der Waals surface area contributed by atoms with Crippen LogP contribution in [0, 0.1) is 11.8 Å². The van der Waals surface area contributed by atoms with E-state index < -0.39 is 66.7 Å². The number of fused-ring (bicyclic) bond motifs is 1. The van der Waals surface area contributed by atoms with Gasteiger partial charge < -0.3 is 49.5 Å². The van der Waals surface area contributed by atoms with Gasteiger partial charge in [-0.3, -0.25) is 4.79 Å². The molecule has 1 saturated heterocycles. The van der Waals surface area contributed by atoms with Crippen LogP contribution in [0.4, 0.5) is 0 Å². The Hall–Kier alpha value is -3.00. The van der Waals surface area contributed by atoms with Crippen LogP contribution in [0.5, 0.6) is 0 Å². The second-order valence-corrected chi connectivity index (χ2v) is 11.2. The molecule has 4 rings (SSSR count). The van der Waals surface area contributed by atoms with Crippen molar-refractivity contribution in [1.82, 2.24) is 4.98 Å². The van der Waals surface area contributed by atoms with Crippen molar-refractivity contribution in [3.8, 4) is 0 Å². The molecule has 2 aliphatic heterocycles. The average molecular weight is 591 g/mol. The van der Waals surface area contributed by atoms with Crippen LogP contribution in [0.2, 0.25) is 0 Å². The molecular formula is C30H40NO11-. The monoisotopic (exact) mass is 590 g/mol. The summed E-state index contributed by atoms with van der Waals surface area (Å²) in [4.78, 5) is 28.7. The Morgan fingerprint density at radius 1 is 1.29 bits per heavy atom. The Morgan fingerprint density at radius 2 is 2.02 bits per heavy atom. The highest BCUT2D eigenvalue weighted by molar-refractivity contribution is 5.90. The normalized spacial score (nSPS) is 32.5. The maximum absolute atomic E-state index is 12.4. The van der Waals surface area contributed by atoms with Gasteiger partial charge in [-0.25, -0.2) is 4.79 Å². The summed E-state index contributed by atoms with van der Waals surface area (Å²) in [6, 6.07) is 1.86. The number of aliphatic hydroxyl groups excluding tert-OH is 4. The average Bonchev–Trinajstić information content (AvgIpc) is 3.40. The molecule has 1 aromatic rings. The molecule has 12 nitrogen and oxygen atoms in total. The molecule has 0 amide bonds. The molecule has 3 aliphatic rings. The summed E-state index contributed by atoms with van der Waals surface area (Å²) in [6.45, 7) is 7.09. The van der Waals surface area contributed by atoms with Gasteiger partial charge >= 0.3 is 11.9 Å². The first kappa shape index (κ1) is 31.9. The first-order valence-electron chi connectivity index (χ1n) is 14.1. The highest BCUT2D eigenvalue weighted by atomic mass is 16.7. The van der Waals surface area contributed by atoms with Gasteiger partial charge in [0.1, 0.15) is 18.3 Å². The minimum absolute atomic E-state index is 0.0987. The molecule has 42 heavy (non-hydrogen) atoms. The second-order valence-electron chi connectivity index (χ2n) is 11.2. The molecule has 1 fully saturated rings. The van der Waals surface area contributed by atoms with Crippen molar-refractivity contribution >= 4 is 23.8 Å². The number of aliphatic carboxylic acids is 1. The third-order valence-electron chi connectivity index (χ3n) is 8.21. The SMILES string of the molecule is C=C[C@@H]1[C@H](CC(=O)O)C(C(=O)OC)=CC[C@H]1O[C@@H]1O[C@H](CO)[C@]2(C=c3cc(C(C)C)[n-]c3=C(CCCO)O2)[C@H](O)[C@H]1O. The largest absolute Gasteiger partial charge is 0.658 e. The van der Waals surface area contributed by atoms with E-state index in [1.807, 2.05) is 19.9 Å². The summed E-state index contributed by atoms with van der Waals surface area (Å²) >= 11 is 0. The minimum atomic E-state index is -1.69. The molecule has 0 unspecified atom stereocenters. The van der Waals surface area contributed by atoms with Crippen LogP contribution in [0.1, 0.15) is 51.1 Å². The molecule has 1 aliphatic carbocycles. The second kappa shape index (κ2) is 13.1. The molecule has 1 spiro atoms. The zero-order chi connectivity index (χ0) is 30.8. The quantitative estimate of drug-likeness (QED) is 0.163. The molecule has 1 aromatic heterocycles. The van der Waals surface area contributed by atoms with Crippen molar-refractivity contribution in [3.05, 3.63) is 46.6 Å². The fourth-order valence-electron chi connectivity index (χ4n) is 6.02. The lowest BCUT2D eigenvalue weighted by Crippen LogP contribution is -2.69. The van der Waals surface area contributed by atoms with Crippen molar-refractivity contribution in [3.63, 3.8) is 0 Å². The lowest BCUT2D eigenvalue weighted by Gasteiger charge is -2.51. The van der Waals surface area contributed by atoms with Crippen LogP contribution in [0.15, 0.2) is 30.4 Å². The minimum Gasteiger partial charge on any atom is -0.658 e. The molecule has 0 radical (unpaired) electrons. The van der Waals surface area contributed by atoms with E-state index in [2.05, 4.69) is 11.6 Å². The Bertz CT molecular complexity index is 1310. The number of carboxylic acid groups (broad SMARTS) is 1. The predicted octanol–water partition coefficient (Wildman–Crippen LogP) is -0.582. The fourth-order valence-corrected chi connectivity index (χ4v) is 6.02. The van der Waals surface area contributed by atoms with Crippen LogP contribution in [-0.2, 0) is 28.5 Å². The third kappa shape index (κ3) is 5.92. The summed E-state index contributed by atoms with van der Waals surface area (Å²) in [5, 5.41) is 53.4. The summed E-state index contributed by atoms with van der Waals surface area (Å²) in [6.07, 6.45) is -1.59. The Balaban J connectivity index is 1.66. The summed E-state index contributed by atoms with van der Waals surface area (Å²) < 4.78 is 23.3. The van der Waals surface area contributed by atoms with E-state index in [1.165, 1.54) is 19.3 Å². The summed E-state index contributed by atoms with van der Waals surface area (Å²) in [5.41, 5.74) is -0.697. The highest BCUT2D eigenvalue weighted by Crippen LogP contribution is 2.42. The van der Waals surface area contributed by atoms with E-state index in [4.69, 9.17) is 18.9 Å². The van der Waals surface area contributed by atoms with Crippen LogP contribution >= 0.6 is 0 Å². The van der Waals surface area contributed by atoms with Gasteiger partial charge in [-0.2, -0.15) is 5.69 Å². The predicted molar refractivity (Wildman–Crippen MR) is 148 cm³/mol. The van der Waals surface area contributed by atoms with Gasteiger partial charge in [-0.15, -0.1) is 6.58 Å². The molecule has 232 valence electrons. The van der Waals surface area contributed by atoms with Crippen LogP contribution in [0.3, 0.4) is 0 Å². The number of aromatic nitrogens is 1. The van der Waals surface area contributed by atoms with Crippen molar-refractivity contribution in [2.45, 2.75) is 81.8 Å². The van der Waals surface area contributed by atoms with Gasteiger partial charge in [0.2, 0.25) is 0 Å². The van der Waals surface area contributed by atoms with E-state index in [1.54, 1.807) is 6.08 Å². The first-order valence-corrected chi connectivity index (χ1v) is 14.1. The number of rotatable bonds is 11. The number of nitrogens with zero attached hydrogens (tertiary/aromatic N) is 1. The van der Waals surface area contributed by atoms with E-state index >= 15 is 0 Å². The summed E-state index contributed by atoms with van der Waals surface area (Å²) in [5.74, 6) is -2.76. The number of methoxy groups -OCH3 is 1. The summed E-state index contributed by atoms with van der Waals surface area (Å²) in [7, 11) is 1.21. The first-order chi connectivity index (χ1) is 20.0. The van der Waals surface area contributed by atoms with Gasteiger partial charge in [0.25, 0.3) is 0 Å². The number of hydrogen-bond acceptors (Lipinski definition) is 10. The molecule has 8 atom stereocenters. The molecule has 0 bridgehead atoms. The number of hydrogen-bond donors (Lipinski definition) is 5. The van der Waals surface area contributed by atoms with E-state index in [0.717, 1.165) is 5.69 Å². The third-order valence-corrected chi connectivity index (χ3v) is 8.21. The van der Waals surface area contributed by atoms with E-state index in [9.17, 15) is 35.1 Å². The molecule has 0 saturated carbocycles. The molecule has 12 heteroatoms. The zero-order valence-corrected chi connectivity index (χ0v) is 24.0. The van der Waals surface area contributed by atoms with E-state index in [0.29, 0.717) is 29.2 Å². The van der Waals surface area contributed by atoms with Gasteiger partial charge in [-0.05, 0) is 30.1 Å². The standard InChI is InChI=1S/C30H40NO11/c1-5-17-19(12-24(34)35)18(28(38)39-4)8-9-21(17)40-29-26(36)27(37)30(23(14-33)41-29)13-16-11-20(15(2)3)31-25(16)22(42-30)7-6-10-32/h5,8,11,13,15,17,19,21,23,26-27,29,32-33,36-37H,1,6-7,9-10,12,14H2,2-4H3,(H,34,35)/q-1/t17-,19+,21-,23-,26-,27-,29-,30-/m1/s1. The van der Waals surface area contributed by atoms with Gasteiger partial charge in [0.15, 0.2) is 11.9 Å². The Kier molecular flexibility index (Phi) is 9.96. The lowest BCUT2D eigenvalue weighted by molar-refractivity contribution is -0.328. The van der Waals surface area contributed by atoms with Crippen molar-refractivity contribution < 1.29 is 54.1 Å². The molecule has 0 aromatic carbocycles. The number of carbonyl (C=O) groups is 2.